The van der Waals surface area contributed by atoms with Gasteiger partial charge in [-0.2, -0.15) is 0 Å². The van der Waals surface area contributed by atoms with Crippen molar-refractivity contribution in [2.24, 2.45) is 0 Å². The van der Waals surface area contributed by atoms with E-state index in [9.17, 15) is 13.2 Å². The van der Waals surface area contributed by atoms with Gasteiger partial charge in [0.1, 0.15) is 0 Å². The lowest BCUT2D eigenvalue weighted by molar-refractivity contribution is 0.0994. The zero-order valence-corrected chi connectivity index (χ0v) is 15.7. The monoisotopic (exact) mass is 384 g/mol. The molecule has 0 unspecified atom stereocenters. The normalized spacial score (nSPS) is 13.7. The summed E-state index contributed by atoms with van der Waals surface area (Å²) in [5.41, 5.74) is 1.33. The maximum absolute atomic E-state index is 12.9. The third-order valence-electron chi connectivity index (χ3n) is 4.80. The lowest BCUT2D eigenvalue weighted by Crippen LogP contribution is -2.26. The van der Waals surface area contributed by atoms with E-state index in [0.29, 0.717) is 42.4 Å². The van der Waals surface area contributed by atoms with Gasteiger partial charge in [0.25, 0.3) is 5.91 Å². The molecular formula is C19H20N4O3S. The van der Waals surface area contributed by atoms with Gasteiger partial charge in [-0.05, 0) is 31.5 Å². The van der Waals surface area contributed by atoms with E-state index in [0.717, 1.165) is 5.69 Å². The van der Waals surface area contributed by atoms with Crippen LogP contribution in [0.3, 0.4) is 0 Å². The Bertz CT molecular complexity index is 1110. The fraction of sp³-hybridized carbons (Fsp3) is 0.263. The lowest BCUT2D eigenvalue weighted by atomic mass is 10.1. The summed E-state index contributed by atoms with van der Waals surface area (Å²) < 4.78 is 30.3. The van der Waals surface area contributed by atoms with Crippen molar-refractivity contribution in [3.63, 3.8) is 0 Å². The summed E-state index contributed by atoms with van der Waals surface area (Å²) in [6, 6.07) is 8.55. The van der Waals surface area contributed by atoms with Crippen molar-refractivity contribution < 1.29 is 13.2 Å². The van der Waals surface area contributed by atoms with Gasteiger partial charge in [-0.15, -0.1) is 0 Å². The zero-order chi connectivity index (χ0) is 19.0. The lowest BCUT2D eigenvalue weighted by Gasteiger charge is -2.15. The van der Waals surface area contributed by atoms with E-state index in [1.807, 2.05) is 17.7 Å². The number of anilines is 1. The second-order valence-corrected chi connectivity index (χ2v) is 8.15. The predicted octanol–water partition coefficient (Wildman–Crippen LogP) is 2.38. The fourth-order valence-corrected chi connectivity index (χ4v) is 4.81. The Morgan fingerprint density at radius 2 is 2.04 bits per heavy atom. The van der Waals surface area contributed by atoms with Crippen molar-refractivity contribution in [1.82, 2.24) is 14.3 Å². The standard InChI is InChI=1S/C19H20N4O3S/c1-2-23-16-7-8-17(14-5-3-6-15(18(14)16)19(23)24)27(25,26)21-9-4-11-22-12-10-20-13-22/h3,5-8,10,12-13,21H,2,4,9,11H2,1H3. The molecule has 1 N–H and O–H groups in total. The molecule has 0 saturated carbocycles. The van der Waals surface area contributed by atoms with Gasteiger partial charge < -0.3 is 9.47 Å². The third-order valence-corrected chi connectivity index (χ3v) is 6.31. The molecule has 1 aliphatic rings. The highest BCUT2D eigenvalue weighted by Gasteiger charge is 2.31. The second-order valence-electron chi connectivity index (χ2n) is 6.41. The molecule has 0 fully saturated rings. The number of aryl methyl sites for hydroxylation is 1. The number of amides is 1. The first-order valence-electron chi connectivity index (χ1n) is 8.86. The molecule has 8 heteroatoms. The molecule has 0 spiro atoms. The molecule has 0 saturated heterocycles. The molecule has 0 atom stereocenters. The second kappa shape index (κ2) is 6.79. The molecule has 1 aliphatic heterocycles. The molecule has 3 aromatic rings. The molecule has 7 nitrogen and oxygen atoms in total. The van der Waals surface area contributed by atoms with E-state index in [-0.39, 0.29) is 10.8 Å². The number of hydrogen-bond acceptors (Lipinski definition) is 4. The molecular weight excluding hydrogens is 364 g/mol. The number of nitrogens with zero attached hydrogens (tertiary/aromatic N) is 3. The van der Waals surface area contributed by atoms with Crippen LogP contribution in [0.25, 0.3) is 10.8 Å². The summed E-state index contributed by atoms with van der Waals surface area (Å²) in [4.78, 5) is 18.4. The molecule has 0 radical (unpaired) electrons. The van der Waals surface area contributed by atoms with Gasteiger partial charge in [-0.1, -0.05) is 12.1 Å². The summed E-state index contributed by atoms with van der Waals surface area (Å²) in [5, 5.41) is 1.29. The maximum Gasteiger partial charge on any atom is 0.258 e. The Morgan fingerprint density at radius 3 is 2.78 bits per heavy atom. The van der Waals surface area contributed by atoms with E-state index in [1.54, 1.807) is 47.8 Å². The first-order chi connectivity index (χ1) is 13.0. The van der Waals surface area contributed by atoms with Crippen LogP contribution in [-0.2, 0) is 16.6 Å². The topological polar surface area (TPSA) is 84.3 Å². The Balaban J connectivity index is 1.62. The van der Waals surface area contributed by atoms with Gasteiger partial charge in [0.05, 0.1) is 16.9 Å². The van der Waals surface area contributed by atoms with E-state index >= 15 is 0 Å². The quantitative estimate of drug-likeness (QED) is 0.634. The van der Waals surface area contributed by atoms with Crippen LogP contribution in [0.2, 0.25) is 0 Å². The number of nitrogens with one attached hydrogen (secondary N) is 1. The Hall–Kier alpha value is -2.71. The van der Waals surface area contributed by atoms with Crippen molar-refractivity contribution in [3.05, 3.63) is 54.6 Å². The molecule has 2 heterocycles. The molecule has 27 heavy (non-hydrogen) atoms. The number of aromatic nitrogens is 2. The Labute approximate surface area is 157 Å². The van der Waals surface area contributed by atoms with Crippen molar-refractivity contribution in [2.75, 3.05) is 18.0 Å². The SMILES string of the molecule is CCN1C(=O)c2cccc3c(S(=O)(=O)NCCCn4ccnc4)ccc1c23. The summed E-state index contributed by atoms with van der Waals surface area (Å²) in [6.07, 6.45) is 5.89. The van der Waals surface area contributed by atoms with Crippen molar-refractivity contribution >= 4 is 32.4 Å². The third kappa shape index (κ3) is 3.00. The van der Waals surface area contributed by atoms with Gasteiger partial charge in [0.15, 0.2) is 0 Å². The van der Waals surface area contributed by atoms with E-state index in [2.05, 4.69) is 9.71 Å². The molecule has 1 aromatic heterocycles. The van der Waals surface area contributed by atoms with Crippen LogP contribution in [0.4, 0.5) is 5.69 Å². The highest BCUT2D eigenvalue weighted by atomic mass is 32.2. The van der Waals surface area contributed by atoms with Gasteiger partial charge in [-0.3, -0.25) is 4.79 Å². The number of carbonyl (C=O) groups is 1. The highest BCUT2D eigenvalue weighted by molar-refractivity contribution is 7.89. The van der Waals surface area contributed by atoms with Crippen molar-refractivity contribution in [3.8, 4) is 0 Å². The highest BCUT2D eigenvalue weighted by Crippen LogP contribution is 2.39. The average Bonchev–Trinajstić information content (AvgIpc) is 3.27. The largest absolute Gasteiger partial charge is 0.337 e. The fourth-order valence-electron chi connectivity index (χ4n) is 3.53. The molecule has 1 amide bonds. The molecule has 0 bridgehead atoms. The van der Waals surface area contributed by atoms with Gasteiger partial charge in [0.2, 0.25) is 10.0 Å². The van der Waals surface area contributed by atoms with Gasteiger partial charge in [-0.25, -0.2) is 18.1 Å². The maximum atomic E-state index is 12.9. The van der Waals surface area contributed by atoms with Crippen LogP contribution in [0, 0.1) is 0 Å². The zero-order valence-electron chi connectivity index (χ0n) is 14.9. The minimum atomic E-state index is -3.68. The van der Waals surface area contributed by atoms with Crippen molar-refractivity contribution in [1.29, 1.82) is 0 Å². The van der Waals surface area contributed by atoms with Crippen LogP contribution in [-0.4, -0.2) is 37.0 Å². The van der Waals surface area contributed by atoms with Crippen LogP contribution < -0.4 is 9.62 Å². The summed E-state index contributed by atoms with van der Waals surface area (Å²) in [5.74, 6) is -0.0825. The smallest absolute Gasteiger partial charge is 0.258 e. The van der Waals surface area contributed by atoms with Crippen molar-refractivity contribution in [2.45, 2.75) is 24.8 Å². The average molecular weight is 384 g/mol. The summed E-state index contributed by atoms with van der Waals surface area (Å²) >= 11 is 0. The number of imidazole rings is 1. The summed E-state index contributed by atoms with van der Waals surface area (Å²) in [7, 11) is -3.68. The van der Waals surface area contributed by atoms with Crippen LogP contribution >= 0.6 is 0 Å². The van der Waals surface area contributed by atoms with Crippen LogP contribution in [0.15, 0.2) is 53.9 Å². The number of hydrogen-bond donors (Lipinski definition) is 1. The number of rotatable bonds is 7. The van der Waals surface area contributed by atoms with Crippen LogP contribution in [0.1, 0.15) is 23.7 Å². The summed E-state index contributed by atoms with van der Waals surface area (Å²) in [6.45, 7) is 3.46. The molecule has 4 rings (SSSR count). The van der Waals surface area contributed by atoms with Crippen LogP contribution in [0.5, 0.6) is 0 Å². The molecule has 2 aromatic carbocycles. The van der Waals surface area contributed by atoms with E-state index in [1.165, 1.54) is 0 Å². The van der Waals surface area contributed by atoms with Gasteiger partial charge >= 0.3 is 0 Å². The minimum Gasteiger partial charge on any atom is -0.337 e. The molecule has 0 aliphatic carbocycles. The Morgan fingerprint density at radius 1 is 1.19 bits per heavy atom. The number of sulfonamides is 1. The minimum absolute atomic E-state index is 0.0825. The first kappa shape index (κ1) is 17.7. The first-order valence-corrected chi connectivity index (χ1v) is 10.3. The predicted molar refractivity (Wildman–Crippen MR) is 103 cm³/mol. The molecule has 140 valence electrons. The number of benzene rings is 2. The van der Waals surface area contributed by atoms with E-state index in [4.69, 9.17) is 0 Å². The Kier molecular flexibility index (Phi) is 4.45. The van der Waals surface area contributed by atoms with E-state index < -0.39 is 10.0 Å². The number of carbonyl (C=O) groups excluding carboxylic acids is 1. The van der Waals surface area contributed by atoms with Gasteiger partial charge in [0, 0.05) is 48.4 Å².